The molecule has 140 valence electrons. The molecule has 0 amide bonds. The maximum atomic E-state index is 12.1. The maximum Gasteiger partial charge on any atom is 0.302 e. The lowest BCUT2D eigenvalue weighted by Crippen LogP contribution is -2.23. The molecule has 0 fully saturated rings. The minimum absolute atomic E-state index is 0.0242. The predicted octanol–water partition coefficient (Wildman–Crippen LogP) is 3.02. The van der Waals surface area contributed by atoms with Gasteiger partial charge < -0.3 is 18.9 Å². The molecule has 0 aromatic heterocycles. The fraction of sp³-hybridized carbons (Fsp3) is 0.556. The normalized spacial score (nSPS) is 11.2. The number of alkyl halides is 1. The van der Waals surface area contributed by atoms with Crippen molar-refractivity contribution in [3.05, 3.63) is 29.8 Å². The number of esters is 1. The summed E-state index contributed by atoms with van der Waals surface area (Å²) in [7, 11) is 0. The number of halogens is 1. The van der Waals surface area contributed by atoms with Gasteiger partial charge in [-0.2, -0.15) is 0 Å². The average Bonchev–Trinajstić information content (AvgIpc) is 2.55. The molecular weight excluding hydrogens is 392 g/mol. The summed E-state index contributed by atoms with van der Waals surface area (Å²) in [6.07, 6.45) is 0. The number of carbonyl (C=O) groups is 2. The maximum absolute atomic E-state index is 12.1. The zero-order chi connectivity index (χ0) is 18.7. The van der Waals surface area contributed by atoms with E-state index in [2.05, 4.69) is 15.9 Å². The summed E-state index contributed by atoms with van der Waals surface area (Å²) < 4.78 is 20.3. The second-order valence-electron chi connectivity index (χ2n) is 5.74. The molecule has 0 bridgehead atoms. The molecule has 0 spiro atoms. The molecule has 0 atom stereocenters. The Morgan fingerprint density at radius 1 is 0.920 bits per heavy atom. The lowest BCUT2D eigenvalue weighted by atomic mass is 10.0. The van der Waals surface area contributed by atoms with Gasteiger partial charge in [0.2, 0.25) is 0 Å². The molecule has 7 heteroatoms. The number of carbonyl (C=O) groups excluding carboxylic acids is 2. The first-order valence-corrected chi connectivity index (χ1v) is 8.85. The van der Waals surface area contributed by atoms with Crippen molar-refractivity contribution in [3.8, 4) is 5.75 Å². The van der Waals surface area contributed by atoms with Crippen molar-refractivity contribution in [2.24, 2.45) is 0 Å². The molecular formula is C18H25BrO6. The van der Waals surface area contributed by atoms with E-state index in [1.165, 1.54) is 6.92 Å². The molecule has 0 N–H and O–H groups in total. The highest BCUT2D eigenvalue weighted by atomic mass is 79.9. The zero-order valence-corrected chi connectivity index (χ0v) is 16.5. The van der Waals surface area contributed by atoms with Gasteiger partial charge >= 0.3 is 5.97 Å². The fourth-order valence-corrected chi connectivity index (χ4v) is 2.06. The molecule has 0 radical (unpaired) electrons. The van der Waals surface area contributed by atoms with Gasteiger partial charge in [0.05, 0.1) is 30.8 Å². The summed E-state index contributed by atoms with van der Waals surface area (Å²) in [6, 6.07) is 7.03. The van der Waals surface area contributed by atoms with Crippen LogP contribution < -0.4 is 4.74 Å². The van der Waals surface area contributed by atoms with E-state index in [0.717, 1.165) is 0 Å². The number of benzene rings is 1. The Hall–Kier alpha value is -1.44. The van der Waals surface area contributed by atoms with Gasteiger partial charge in [-0.1, -0.05) is 15.9 Å². The van der Waals surface area contributed by atoms with E-state index in [9.17, 15) is 9.59 Å². The molecule has 0 saturated carbocycles. The van der Waals surface area contributed by atoms with Gasteiger partial charge in [0.25, 0.3) is 0 Å². The molecule has 1 rings (SSSR count). The molecule has 1 aromatic rings. The highest BCUT2D eigenvalue weighted by Gasteiger charge is 2.24. The van der Waals surface area contributed by atoms with E-state index in [0.29, 0.717) is 44.3 Å². The fourth-order valence-electron chi connectivity index (χ4n) is 1.83. The topological polar surface area (TPSA) is 71.1 Å². The van der Waals surface area contributed by atoms with Crippen LogP contribution in [0.2, 0.25) is 0 Å². The van der Waals surface area contributed by atoms with E-state index >= 15 is 0 Å². The number of Topliss-reactive ketones (excluding diaryl/α,β-unsaturated/α-hetero) is 1. The van der Waals surface area contributed by atoms with Crippen molar-refractivity contribution < 1.29 is 28.5 Å². The Balaban J connectivity index is 2.11. The SMILES string of the molecule is CC(=O)OCCOCCOCCOc1ccc(C(=O)C(C)(C)Br)cc1. The summed E-state index contributed by atoms with van der Waals surface area (Å²) in [4.78, 5) is 22.6. The number of hydrogen-bond donors (Lipinski definition) is 0. The third-order valence-electron chi connectivity index (χ3n) is 3.06. The van der Waals surface area contributed by atoms with Crippen LogP contribution >= 0.6 is 15.9 Å². The molecule has 0 saturated heterocycles. The second-order valence-corrected chi connectivity index (χ2v) is 7.72. The van der Waals surface area contributed by atoms with Crippen LogP contribution in [0.4, 0.5) is 0 Å². The minimum Gasteiger partial charge on any atom is -0.491 e. The number of rotatable bonds is 12. The number of ether oxygens (including phenoxy) is 4. The third-order valence-corrected chi connectivity index (χ3v) is 3.42. The van der Waals surface area contributed by atoms with Gasteiger partial charge in [-0.25, -0.2) is 0 Å². The van der Waals surface area contributed by atoms with Gasteiger partial charge in [-0.3, -0.25) is 9.59 Å². The largest absolute Gasteiger partial charge is 0.491 e. The predicted molar refractivity (Wildman–Crippen MR) is 97.5 cm³/mol. The molecule has 6 nitrogen and oxygen atoms in total. The first-order chi connectivity index (χ1) is 11.8. The monoisotopic (exact) mass is 416 g/mol. The van der Waals surface area contributed by atoms with Crippen LogP contribution in [0, 0.1) is 0 Å². The van der Waals surface area contributed by atoms with Crippen LogP contribution in [0.1, 0.15) is 31.1 Å². The Morgan fingerprint density at radius 2 is 1.44 bits per heavy atom. The van der Waals surface area contributed by atoms with Gasteiger partial charge in [0, 0.05) is 12.5 Å². The van der Waals surface area contributed by atoms with Crippen molar-refractivity contribution in [1.29, 1.82) is 0 Å². The van der Waals surface area contributed by atoms with Crippen molar-refractivity contribution >= 4 is 27.7 Å². The number of ketones is 1. The molecule has 1 aromatic carbocycles. The van der Waals surface area contributed by atoms with Crippen LogP contribution in [-0.2, 0) is 19.0 Å². The molecule has 0 aliphatic rings. The second kappa shape index (κ2) is 11.2. The number of hydrogen-bond acceptors (Lipinski definition) is 6. The van der Waals surface area contributed by atoms with Crippen molar-refractivity contribution in [2.45, 2.75) is 25.1 Å². The highest BCUT2D eigenvalue weighted by molar-refractivity contribution is 9.10. The molecule has 25 heavy (non-hydrogen) atoms. The van der Waals surface area contributed by atoms with Crippen LogP contribution in [0.15, 0.2) is 24.3 Å². The summed E-state index contributed by atoms with van der Waals surface area (Å²) in [5.74, 6) is 0.395. The molecule has 0 aliphatic heterocycles. The first kappa shape index (κ1) is 21.6. The Morgan fingerprint density at radius 3 is 1.96 bits per heavy atom. The Labute approximate surface area is 156 Å². The quantitative estimate of drug-likeness (QED) is 0.225. The lowest BCUT2D eigenvalue weighted by Gasteiger charge is -2.14. The summed E-state index contributed by atoms with van der Waals surface area (Å²) >= 11 is 3.36. The summed E-state index contributed by atoms with van der Waals surface area (Å²) in [6.45, 7) is 7.31. The van der Waals surface area contributed by atoms with Crippen LogP contribution in [0.25, 0.3) is 0 Å². The van der Waals surface area contributed by atoms with Gasteiger partial charge in [-0.15, -0.1) is 0 Å². The van der Waals surface area contributed by atoms with E-state index in [4.69, 9.17) is 18.9 Å². The van der Waals surface area contributed by atoms with Crippen molar-refractivity contribution in [3.63, 3.8) is 0 Å². The zero-order valence-electron chi connectivity index (χ0n) is 14.9. The third kappa shape index (κ3) is 9.57. The first-order valence-electron chi connectivity index (χ1n) is 8.06. The van der Waals surface area contributed by atoms with E-state index in [1.54, 1.807) is 24.3 Å². The van der Waals surface area contributed by atoms with Gasteiger partial charge in [0.1, 0.15) is 19.0 Å². The Bertz CT molecular complexity index is 535. The average molecular weight is 417 g/mol. The van der Waals surface area contributed by atoms with Crippen LogP contribution in [-0.4, -0.2) is 55.7 Å². The van der Waals surface area contributed by atoms with E-state index < -0.39 is 4.32 Å². The lowest BCUT2D eigenvalue weighted by molar-refractivity contribution is -0.142. The Kier molecular flexibility index (Phi) is 9.70. The minimum atomic E-state index is -0.580. The van der Waals surface area contributed by atoms with E-state index in [1.807, 2.05) is 13.8 Å². The van der Waals surface area contributed by atoms with Crippen LogP contribution in [0.5, 0.6) is 5.75 Å². The summed E-state index contributed by atoms with van der Waals surface area (Å²) in [5.41, 5.74) is 0.636. The molecule has 0 unspecified atom stereocenters. The highest BCUT2D eigenvalue weighted by Crippen LogP contribution is 2.23. The molecule has 0 heterocycles. The van der Waals surface area contributed by atoms with Crippen LogP contribution in [0.3, 0.4) is 0 Å². The van der Waals surface area contributed by atoms with Crippen molar-refractivity contribution in [1.82, 2.24) is 0 Å². The standard InChI is InChI=1S/C18H25BrO6/c1-14(20)24-12-10-22-8-9-23-11-13-25-16-6-4-15(5-7-16)17(21)18(2,3)19/h4-7H,8-13H2,1-3H3. The van der Waals surface area contributed by atoms with Gasteiger partial charge in [0.15, 0.2) is 5.78 Å². The smallest absolute Gasteiger partial charge is 0.302 e. The van der Waals surface area contributed by atoms with Gasteiger partial charge in [-0.05, 0) is 38.1 Å². The van der Waals surface area contributed by atoms with E-state index in [-0.39, 0.29) is 18.4 Å². The molecule has 0 aliphatic carbocycles. The summed E-state index contributed by atoms with van der Waals surface area (Å²) in [5, 5.41) is 0. The van der Waals surface area contributed by atoms with Crippen molar-refractivity contribution in [2.75, 3.05) is 39.6 Å².